The van der Waals surface area contributed by atoms with E-state index < -0.39 is 15.8 Å². The number of ether oxygens (including phenoxy) is 1. The number of halogens is 1. The molecular formula is C20H18ClN3O4S. The van der Waals surface area contributed by atoms with Crippen LogP contribution in [-0.2, 0) is 10.0 Å². The Morgan fingerprint density at radius 3 is 2.45 bits per heavy atom. The molecule has 3 rings (SSSR count). The summed E-state index contributed by atoms with van der Waals surface area (Å²) < 4.78 is 33.5. The van der Waals surface area contributed by atoms with Crippen molar-refractivity contribution in [3.8, 4) is 5.75 Å². The van der Waals surface area contributed by atoms with Crippen molar-refractivity contribution in [2.24, 2.45) is 0 Å². The summed E-state index contributed by atoms with van der Waals surface area (Å²) in [5.41, 5.74) is 0.00468. The van der Waals surface area contributed by atoms with E-state index in [1.807, 2.05) is 13.8 Å². The topological polar surface area (TPSA) is 98.3 Å². The summed E-state index contributed by atoms with van der Waals surface area (Å²) in [6, 6.07) is 12.1. The van der Waals surface area contributed by atoms with Gasteiger partial charge in [0.25, 0.3) is 10.0 Å². The molecule has 0 fully saturated rings. The van der Waals surface area contributed by atoms with Crippen molar-refractivity contribution in [3.63, 3.8) is 0 Å². The molecule has 9 heteroatoms. The van der Waals surface area contributed by atoms with E-state index in [4.69, 9.17) is 16.3 Å². The summed E-state index contributed by atoms with van der Waals surface area (Å²) in [6.07, 6.45) is 2.70. The van der Waals surface area contributed by atoms with Gasteiger partial charge < -0.3 is 4.74 Å². The first-order valence-electron chi connectivity index (χ1n) is 8.67. The number of anilines is 1. The summed E-state index contributed by atoms with van der Waals surface area (Å²) in [7, 11) is -3.99. The second kappa shape index (κ2) is 8.59. The molecule has 29 heavy (non-hydrogen) atoms. The van der Waals surface area contributed by atoms with Gasteiger partial charge in [0.1, 0.15) is 17.1 Å². The molecule has 150 valence electrons. The Balaban J connectivity index is 1.93. The number of carbonyl (C=O) groups is 1. The average Bonchev–Trinajstić information content (AvgIpc) is 2.68. The molecule has 0 radical (unpaired) electrons. The van der Waals surface area contributed by atoms with Gasteiger partial charge in [-0.1, -0.05) is 17.7 Å². The zero-order chi connectivity index (χ0) is 21.0. The quantitative estimate of drug-likeness (QED) is 0.569. The van der Waals surface area contributed by atoms with Crippen molar-refractivity contribution in [1.29, 1.82) is 0 Å². The maximum Gasteiger partial charge on any atom is 0.261 e. The highest BCUT2D eigenvalue weighted by Gasteiger charge is 2.22. The molecule has 0 spiro atoms. The van der Waals surface area contributed by atoms with Gasteiger partial charge in [0.05, 0.1) is 21.7 Å². The first-order chi connectivity index (χ1) is 13.8. The minimum Gasteiger partial charge on any atom is -0.491 e. The summed E-state index contributed by atoms with van der Waals surface area (Å²) in [5.74, 6) is 0.0232. The van der Waals surface area contributed by atoms with Crippen LogP contribution in [-0.4, -0.2) is 30.3 Å². The van der Waals surface area contributed by atoms with Gasteiger partial charge in [-0.2, -0.15) is 0 Å². The van der Waals surface area contributed by atoms with Gasteiger partial charge in [0.15, 0.2) is 0 Å². The van der Waals surface area contributed by atoms with Crippen molar-refractivity contribution in [1.82, 2.24) is 9.97 Å². The molecule has 0 atom stereocenters. The van der Waals surface area contributed by atoms with Crippen LogP contribution in [0.1, 0.15) is 30.0 Å². The predicted octanol–water partition coefficient (Wildman–Crippen LogP) is 3.95. The summed E-state index contributed by atoms with van der Waals surface area (Å²) in [5, 5.41) is 0.181. The minimum atomic E-state index is -3.99. The number of carbonyl (C=O) groups excluding carboxylic acids is 1. The number of sulfonamides is 1. The van der Waals surface area contributed by atoms with E-state index in [9.17, 15) is 13.2 Å². The molecule has 0 bridgehead atoms. The Hall–Kier alpha value is -2.97. The third kappa shape index (κ3) is 5.10. The molecule has 0 aliphatic heterocycles. The predicted molar refractivity (Wildman–Crippen MR) is 110 cm³/mol. The lowest BCUT2D eigenvalue weighted by atomic mass is 10.1. The fourth-order valence-corrected chi connectivity index (χ4v) is 3.70. The van der Waals surface area contributed by atoms with E-state index >= 15 is 0 Å². The third-order valence-electron chi connectivity index (χ3n) is 3.72. The number of hydrogen-bond acceptors (Lipinski definition) is 6. The highest BCUT2D eigenvalue weighted by molar-refractivity contribution is 7.92. The number of nitrogens with zero attached hydrogens (tertiary/aromatic N) is 2. The normalized spacial score (nSPS) is 11.3. The maximum atomic E-state index is 12.8. The van der Waals surface area contributed by atoms with Crippen LogP contribution in [0.4, 0.5) is 5.69 Å². The van der Waals surface area contributed by atoms with E-state index in [0.717, 1.165) is 0 Å². The van der Waals surface area contributed by atoms with Gasteiger partial charge >= 0.3 is 0 Å². The monoisotopic (exact) mass is 431 g/mol. The molecule has 0 aliphatic carbocycles. The summed E-state index contributed by atoms with van der Waals surface area (Å²) in [4.78, 5) is 20.7. The number of hydrogen-bond donors (Lipinski definition) is 1. The molecular weight excluding hydrogens is 414 g/mol. The number of aromatic nitrogens is 2. The number of ketones is 1. The molecule has 2 heterocycles. The molecule has 1 aromatic carbocycles. The van der Waals surface area contributed by atoms with Crippen molar-refractivity contribution >= 4 is 33.1 Å². The van der Waals surface area contributed by atoms with Crippen LogP contribution in [0, 0.1) is 0 Å². The first kappa shape index (κ1) is 20.8. The van der Waals surface area contributed by atoms with Crippen LogP contribution in [0.25, 0.3) is 0 Å². The van der Waals surface area contributed by atoms with E-state index in [0.29, 0.717) is 5.75 Å². The van der Waals surface area contributed by atoms with Gasteiger partial charge in [-0.25, -0.2) is 13.4 Å². The molecule has 0 saturated heterocycles. The highest BCUT2D eigenvalue weighted by atomic mass is 35.5. The van der Waals surface area contributed by atoms with Crippen molar-refractivity contribution in [2.75, 3.05) is 4.72 Å². The minimum absolute atomic E-state index is 0.00446. The summed E-state index contributed by atoms with van der Waals surface area (Å²) in [6.45, 7) is 3.75. The highest BCUT2D eigenvalue weighted by Crippen LogP contribution is 2.25. The van der Waals surface area contributed by atoms with Gasteiger partial charge in [-0.05, 0) is 56.3 Å². The molecule has 1 N–H and O–H groups in total. The zero-order valence-electron chi connectivity index (χ0n) is 15.7. The molecule has 7 nitrogen and oxygen atoms in total. The Labute approximate surface area is 173 Å². The lowest BCUT2D eigenvalue weighted by molar-refractivity contribution is 0.103. The molecule has 2 aromatic heterocycles. The van der Waals surface area contributed by atoms with Crippen LogP contribution < -0.4 is 9.46 Å². The van der Waals surface area contributed by atoms with E-state index in [-0.39, 0.29) is 33.1 Å². The van der Waals surface area contributed by atoms with Crippen LogP contribution >= 0.6 is 11.6 Å². The molecule has 3 aromatic rings. The van der Waals surface area contributed by atoms with Crippen LogP contribution in [0.3, 0.4) is 0 Å². The van der Waals surface area contributed by atoms with Gasteiger partial charge in [-0.15, -0.1) is 0 Å². The van der Waals surface area contributed by atoms with Crippen LogP contribution in [0.2, 0.25) is 5.02 Å². The van der Waals surface area contributed by atoms with Crippen LogP contribution in [0.15, 0.2) is 65.8 Å². The third-order valence-corrected chi connectivity index (χ3v) is 5.31. The second-order valence-corrected chi connectivity index (χ2v) is 8.46. The second-order valence-electron chi connectivity index (χ2n) is 6.34. The fourth-order valence-electron chi connectivity index (χ4n) is 2.49. The van der Waals surface area contributed by atoms with Gasteiger partial charge in [0.2, 0.25) is 5.78 Å². The smallest absolute Gasteiger partial charge is 0.261 e. The van der Waals surface area contributed by atoms with Gasteiger partial charge in [0, 0.05) is 12.4 Å². The number of rotatable bonds is 7. The number of pyridine rings is 2. The molecule has 0 aliphatic rings. The van der Waals surface area contributed by atoms with E-state index in [1.54, 1.807) is 24.3 Å². The van der Waals surface area contributed by atoms with E-state index in [2.05, 4.69) is 14.7 Å². The lowest BCUT2D eigenvalue weighted by Gasteiger charge is -2.13. The summed E-state index contributed by atoms with van der Waals surface area (Å²) >= 11 is 5.97. The first-order valence-corrected chi connectivity index (χ1v) is 10.5. The lowest BCUT2D eigenvalue weighted by Crippen LogP contribution is -2.17. The number of benzene rings is 1. The largest absolute Gasteiger partial charge is 0.491 e. The molecule has 0 unspecified atom stereocenters. The Morgan fingerprint density at radius 1 is 1.10 bits per heavy atom. The Kier molecular flexibility index (Phi) is 6.14. The molecule has 0 saturated carbocycles. The zero-order valence-corrected chi connectivity index (χ0v) is 17.2. The SMILES string of the molecule is CC(C)Oc1ccc(S(=O)(=O)Nc2cc(Cl)cnc2C(=O)c2ccccn2)cc1. The fraction of sp³-hybridized carbons (Fsp3) is 0.150. The Bertz CT molecular complexity index is 1120. The average molecular weight is 432 g/mol. The molecule has 0 amide bonds. The standard InChI is InChI=1S/C20H18ClN3O4S/c1-13(2)28-15-6-8-16(9-7-15)29(26,27)24-18-11-14(21)12-23-19(18)20(25)17-5-3-4-10-22-17/h3-13,24H,1-2H3. The van der Waals surface area contributed by atoms with Crippen molar-refractivity contribution < 1.29 is 17.9 Å². The van der Waals surface area contributed by atoms with Crippen molar-refractivity contribution in [3.05, 3.63) is 77.3 Å². The van der Waals surface area contributed by atoms with E-state index in [1.165, 1.54) is 36.7 Å². The van der Waals surface area contributed by atoms with Crippen LogP contribution in [0.5, 0.6) is 5.75 Å². The number of nitrogens with one attached hydrogen (secondary N) is 1. The maximum absolute atomic E-state index is 12.8. The van der Waals surface area contributed by atoms with Gasteiger partial charge in [-0.3, -0.25) is 14.5 Å². The van der Waals surface area contributed by atoms with Crippen molar-refractivity contribution in [2.45, 2.75) is 24.8 Å². The Morgan fingerprint density at radius 2 is 1.83 bits per heavy atom.